The van der Waals surface area contributed by atoms with E-state index in [1.165, 1.54) is 16.2 Å². The Morgan fingerprint density at radius 3 is 2.08 bits per heavy atom. The van der Waals surface area contributed by atoms with Crippen LogP contribution in [0, 0.1) is 5.41 Å². The Kier molecular flexibility index (Phi) is 4.69. The lowest BCUT2D eigenvalue weighted by atomic mass is 9.97. The van der Waals surface area contributed by atoms with Gasteiger partial charge in [-0.05, 0) is 21.6 Å². The summed E-state index contributed by atoms with van der Waals surface area (Å²) in [5.74, 6) is 0. The standard InChI is InChI=1S/C11H20S/c1-7-8-9(2)12-10(3)11(4,5)6/h2-3,7-8H2,1,4-6H3. The molecule has 0 bridgehead atoms. The van der Waals surface area contributed by atoms with Crippen LogP contribution in [0.2, 0.25) is 0 Å². The Labute approximate surface area is 81.1 Å². The molecule has 0 aromatic rings. The highest BCUT2D eigenvalue weighted by molar-refractivity contribution is 8.06. The van der Waals surface area contributed by atoms with E-state index in [4.69, 9.17) is 0 Å². The predicted molar refractivity (Wildman–Crippen MR) is 60.2 cm³/mol. The van der Waals surface area contributed by atoms with E-state index >= 15 is 0 Å². The molecule has 0 aliphatic rings. The first-order valence-electron chi connectivity index (χ1n) is 4.43. The van der Waals surface area contributed by atoms with Crippen molar-refractivity contribution in [2.45, 2.75) is 40.5 Å². The molecule has 0 aromatic heterocycles. The summed E-state index contributed by atoms with van der Waals surface area (Å²) in [5.41, 5.74) is 0.196. The fourth-order valence-corrected chi connectivity index (χ4v) is 1.62. The zero-order valence-corrected chi connectivity index (χ0v) is 9.55. The monoisotopic (exact) mass is 184 g/mol. The molecule has 0 aromatic carbocycles. The molecule has 0 amide bonds. The second kappa shape index (κ2) is 4.76. The number of hydrogen-bond donors (Lipinski definition) is 0. The van der Waals surface area contributed by atoms with Crippen LogP contribution in [0.1, 0.15) is 40.5 Å². The van der Waals surface area contributed by atoms with Gasteiger partial charge >= 0.3 is 0 Å². The fraction of sp³-hybridized carbons (Fsp3) is 0.636. The Morgan fingerprint density at radius 1 is 1.25 bits per heavy atom. The third kappa shape index (κ3) is 4.66. The molecule has 0 N–H and O–H groups in total. The van der Waals surface area contributed by atoms with Crippen LogP contribution in [0.15, 0.2) is 23.0 Å². The second-order valence-electron chi connectivity index (χ2n) is 4.06. The van der Waals surface area contributed by atoms with E-state index in [1.807, 2.05) is 0 Å². The summed E-state index contributed by atoms with van der Waals surface area (Å²) in [6.45, 7) is 16.8. The lowest BCUT2D eigenvalue weighted by molar-refractivity contribution is 0.535. The van der Waals surface area contributed by atoms with Gasteiger partial charge in [0.1, 0.15) is 0 Å². The van der Waals surface area contributed by atoms with Gasteiger partial charge in [-0.3, -0.25) is 0 Å². The topological polar surface area (TPSA) is 0 Å². The van der Waals surface area contributed by atoms with E-state index < -0.39 is 0 Å². The molecule has 0 aliphatic heterocycles. The van der Waals surface area contributed by atoms with Crippen LogP contribution in [-0.4, -0.2) is 0 Å². The van der Waals surface area contributed by atoms with Crippen LogP contribution in [0.4, 0.5) is 0 Å². The molecule has 0 saturated heterocycles. The van der Waals surface area contributed by atoms with Gasteiger partial charge in [0, 0.05) is 0 Å². The third-order valence-electron chi connectivity index (χ3n) is 1.63. The molecule has 0 rings (SSSR count). The van der Waals surface area contributed by atoms with Crippen molar-refractivity contribution in [1.82, 2.24) is 0 Å². The van der Waals surface area contributed by atoms with E-state index in [9.17, 15) is 0 Å². The highest BCUT2D eigenvalue weighted by Gasteiger charge is 2.15. The maximum absolute atomic E-state index is 4.05. The summed E-state index contributed by atoms with van der Waals surface area (Å²) < 4.78 is 0. The quantitative estimate of drug-likeness (QED) is 0.615. The average Bonchev–Trinajstić information content (AvgIpc) is 1.85. The summed E-state index contributed by atoms with van der Waals surface area (Å²) in [7, 11) is 0. The molecule has 0 radical (unpaired) electrons. The summed E-state index contributed by atoms with van der Waals surface area (Å²) in [4.78, 5) is 2.44. The zero-order valence-electron chi connectivity index (χ0n) is 8.74. The van der Waals surface area contributed by atoms with Crippen molar-refractivity contribution in [2.24, 2.45) is 5.41 Å². The van der Waals surface area contributed by atoms with Crippen LogP contribution in [0.3, 0.4) is 0 Å². The number of allylic oxidation sites excluding steroid dienone is 2. The van der Waals surface area contributed by atoms with Crippen LogP contribution < -0.4 is 0 Å². The number of thioether (sulfide) groups is 1. The number of hydrogen-bond acceptors (Lipinski definition) is 1. The highest BCUT2D eigenvalue weighted by atomic mass is 32.2. The molecular formula is C11H20S. The van der Waals surface area contributed by atoms with Crippen molar-refractivity contribution < 1.29 is 0 Å². The van der Waals surface area contributed by atoms with E-state index in [1.54, 1.807) is 11.8 Å². The van der Waals surface area contributed by atoms with Crippen LogP contribution in [0.5, 0.6) is 0 Å². The van der Waals surface area contributed by atoms with E-state index in [0.29, 0.717) is 0 Å². The first kappa shape index (κ1) is 11.8. The maximum Gasteiger partial charge on any atom is -0.00745 e. The van der Waals surface area contributed by atoms with Gasteiger partial charge in [0.2, 0.25) is 0 Å². The summed E-state index contributed by atoms with van der Waals surface area (Å²) >= 11 is 1.74. The summed E-state index contributed by atoms with van der Waals surface area (Å²) in [6.07, 6.45) is 2.27. The largest absolute Gasteiger partial charge is 0.0997 e. The van der Waals surface area contributed by atoms with Crippen LogP contribution in [-0.2, 0) is 0 Å². The Hall–Kier alpha value is -0.170. The number of rotatable bonds is 4. The molecule has 0 heterocycles. The van der Waals surface area contributed by atoms with Gasteiger partial charge in [0.05, 0.1) is 0 Å². The smallest absolute Gasteiger partial charge is 0.00745 e. The molecule has 0 spiro atoms. The minimum atomic E-state index is 0.196. The van der Waals surface area contributed by atoms with Gasteiger partial charge in [-0.25, -0.2) is 0 Å². The molecular weight excluding hydrogens is 164 g/mol. The molecule has 70 valence electrons. The lowest BCUT2D eigenvalue weighted by Gasteiger charge is -2.21. The molecule has 1 heteroatoms. The molecule has 0 atom stereocenters. The lowest BCUT2D eigenvalue weighted by Crippen LogP contribution is -2.05. The molecule has 0 fully saturated rings. The molecule has 0 unspecified atom stereocenters. The fourth-order valence-electron chi connectivity index (χ4n) is 0.657. The summed E-state index contributed by atoms with van der Waals surface area (Å²) in [5, 5.41) is 0. The van der Waals surface area contributed by atoms with Crippen molar-refractivity contribution in [3.63, 3.8) is 0 Å². The molecule has 0 saturated carbocycles. The minimum absolute atomic E-state index is 0.196. The molecule has 0 aliphatic carbocycles. The van der Waals surface area contributed by atoms with Crippen molar-refractivity contribution in [2.75, 3.05) is 0 Å². The average molecular weight is 184 g/mol. The van der Waals surface area contributed by atoms with E-state index in [2.05, 4.69) is 40.9 Å². The van der Waals surface area contributed by atoms with E-state index in [-0.39, 0.29) is 5.41 Å². The van der Waals surface area contributed by atoms with Crippen molar-refractivity contribution in [3.05, 3.63) is 23.0 Å². The Bertz CT molecular complexity index is 172. The normalized spacial score (nSPS) is 11.3. The van der Waals surface area contributed by atoms with Crippen molar-refractivity contribution in [1.29, 1.82) is 0 Å². The van der Waals surface area contributed by atoms with Gasteiger partial charge in [-0.2, -0.15) is 0 Å². The van der Waals surface area contributed by atoms with Gasteiger partial charge in [0.25, 0.3) is 0 Å². The molecule has 0 nitrogen and oxygen atoms in total. The highest BCUT2D eigenvalue weighted by Crippen LogP contribution is 2.37. The Balaban J connectivity index is 3.94. The van der Waals surface area contributed by atoms with Gasteiger partial charge < -0.3 is 0 Å². The first-order valence-corrected chi connectivity index (χ1v) is 5.24. The van der Waals surface area contributed by atoms with Gasteiger partial charge in [-0.1, -0.05) is 59.0 Å². The predicted octanol–water partition coefficient (Wildman–Crippen LogP) is 4.59. The second-order valence-corrected chi connectivity index (χ2v) is 5.34. The Morgan fingerprint density at radius 2 is 1.75 bits per heavy atom. The SMILES string of the molecule is C=C(CCC)SC(=C)C(C)(C)C. The van der Waals surface area contributed by atoms with Crippen LogP contribution >= 0.6 is 11.8 Å². The van der Waals surface area contributed by atoms with Gasteiger partial charge in [-0.15, -0.1) is 0 Å². The summed E-state index contributed by atoms with van der Waals surface area (Å²) in [6, 6.07) is 0. The van der Waals surface area contributed by atoms with Gasteiger partial charge in [0.15, 0.2) is 0 Å². The first-order chi connectivity index (χ1) is 5.38. The van der Waals surface area contributed by atoms with Crippen LogP contribution in [0.25, 0.3) is 0 Å². The van der Waals surface area contributed by atoms with E-state index in [0.717, 1.165) is 6.42 Å². The minimum Gasteiger partial charge on any atom is -0.0997 e. The molecule has 12 heavy (non-hydrogen) atoms. The van der Waals surface area contributed by atoms with Crippen molar-refractivity contribution in [3.8, 4) is 0 Å². The maximum atomic E-state index is 4.05. The third-order valence-corrected chi connectivity index (χ3v) is 2.98. The van der Waals surface area contributed by atoms with Crippen molar-refractivity contribution >= 4 is 11.8 Å². The zero-order chi connectivity index (χ0) is 9.78.